The Hall–Kier alpha value is -2.08. The molecule has 3 amide bonds. The summed E-state index contributed by atoms with van der Waals surface area (Å²) >= 11 is 0. The van der Waals surface area contributed by atoms with E-state index in [4.69, 9.17) is 5.73 Å². The van der Waals surface area contributed by atoms with Gasteiger partial charge < -0.3 is 21.7 Å². The lowest BCUT2D eigenvalue weighted by atomic mass is 10.0. The first-order chi connectivity index (χ1) is 9.81. The fourth-order valence-electron chi connectivity index (χ4n) is 1.66. The van der Waals surface area contributed by atoms with E-state index in [1.165, 1.54) is 0 Å². The molecule has 1 aromatic carbocycles. The van der Waals surface area contributed by atoms with E-state index in [9.17, 15) is 9.59 Å². The van der Waals surface area contributed by atoms with E-state index < -0.39 is 11.6 Å². The third kappa shape index (κ3) is 6.27. The Morgan fingerprint density at radius 3 is 2.43 bits per heavy atom. The highest BCUT2D eigenvalue weighted by molar-refractivity contribution is 5.95. The number of hydrogen-bond acceptors (Lipinski definition) is 3. The highest BCUT2D eigenvalue weighted by Crippen LogP contribution is 2.07. The fourth-order valence-corrected chi connectivity index (χ4v) is 1.66. The lowest BCUT2D eigenvalue weighted by Gasteiger charge is -2.25. The second kappa shape index (κ2) is 7.64. The van der Waals surface area contributed by atoms with Crippen LogP contribution in [-0.2, 0) is 4.79 Å². The number of carbonyl (C=O) groups is 2. The number of nitrogens with one attached hydrogen (secondary N) is 3. The molecule has 116 valence electrons. The van der Waals surface area contributed by atoms with Crippen LogP contribution in [0.5, 0.6) is 0 Å². The number of amides is 3. The molecule has 1 atom stereocenters. The monoisotopic (exact) mass is 292 g/mol. The molecule has 0 aliphatic carbocycles. The van der Waals surface area contributed by atoms with Crippen LogP contribution >= 0.6 is 0 Å². The van der Waals surface area contributed by atoms with Crippen molar-refractivity contribution in [2.24, 2.45) is 5.73 Å². The van der Waals surface area contributed by atoms with Crippen molar-refractivity contribution in [3.8, 4) is 0 Å². The third-order valence-electron chi connectivity index (χ3n) is 2.91. The molecule has 0 saturated heterocycles. The summed E-state index contributed by atoms with van der Waals surface area (Å²) in [6, 6.07) is 8.66. The Morgan fingerprint density at radius 2 is 1.86 bits per heavy atom. The summed E-state index contributed by atoms with van der Waals surface area (Å²) in [5.41, 5.74) is 5.29. The summed E-state index contributed by atoms with van der Waals surface area (Å²) in [5.74, 6) is -0.244. The molecule has 0 radical (unpaired) electrons. The molecule has 0 fully saturated rings. The second-order valence-corrected chi connectivity index (χ2v) is 5.59. The average Bonchev–Trinajstić information content (AvgIpc) is 2.38. The number of urea groups is 1. The van der Waals surface area contributed by atoms with Crippen LogP contribution in [0.3, 0.4) is 0 Å². The quantitative estimate of drug-likeness (QED) is 0.639. The molecular weight excluding hydrogens is 268 g/mol. The number of carbonyl (C=O) groups excluding carboxylic acids is 2. The van der Waals surface area contributed by atoms with E-state index in [1.54, 1.807) is 26.0 Å². The van der Waals surface area contributed by atoms with Crippen LogP contribution < -0.4 is 21.7 Å². The molecule has 21 heavy (non-hydrogen) atoms. The van der Waals surface area contributed by atoms with Gasteiger partial charge in [0.1, 0.15) is 5.54 Å². The first-order valence-corrected chi connectivity index (χ1v) is 6.99. The van der Waals surface area contributed by atoms with Crippen LogP contribution in [0, 0.1) is 0 Å². The van der Waals surface area contributed by atoms with Gasteiger partial charge in [0.15, 0.2) is 0 Å². The molecular formula is C15H24N4O2. The number of benzene rings is 1. The lowest BCUT2D eigenvalue weighted by Crippen LogP contribution is -2.56. The standard InChI is InChI=1S/C15H24N4O2/c1-11(16)9-10-17-13(20)15(2,3)19-14(21)18-12-7-5-4-6-8-12/h4-8,11H,9-10,16H2,1-3H3,(H,17,20)(H2,18,19,21). The summed E-state index contributed by atoms with van der Waals surface area (Å²) in [6.45, 7) is 5.67. The van der Waals surface area contributed by atoms with Crippen LogP contribution in [0.15, 0.2) is 30.3 Å². The zero-order valence-electron chi connectivity index (χ0n) is 12.8. The van der Waals surface area contributed by atoms with Gasteiger partial charge in [-0.25, -0.2) is 4.79 Å². The van der Waals surface area contributed by atoms with Gasteiger partial charge >= 0.3 is 6.03 Å². The molecule has 5 N–H and O–H groups in total. The molecule has 0 spiro atoms. The Balaban J connectivity index is 2.46. The van der Waals surface area contributed by atoms with Crippen molar-refractivity contribution in [2.45, 2.75) is 38.8 Å². The average molecular weight is 292 g/mol. The van der Waals surface area contributed by atoms with Gasteiger partial charge in [-0.1, -0.05) is 18.2 Å². The van der Waals surface area contributed by atoms with E-state index in [0.29, 0.717) is 18.7 Å². The van der Waals surface area contributed by atoms with Crippen molar-refractivity contribution in [2.75, 3.05) is 11.9 Å². The first-order valence-electron chi connectivity index (χ1n) is 6.99. The topological polar surface area (TPSA) is 96.2 Å². The van der Waals surface area contributed by atoms with Gasteiger partial charge in [-0.2, -0.15) is 0 Å². The summed E-state index contributed by atoms with van der Waals surface area (Å²) in [6.07, 6.45) is 0.692. The summed E-state index contributed by atoms with van der Waals surface area (Å²) in [4.78, 5) is 23.9. The van der Waals surface area contributed by atoms with Crippen LogP contribution in [-0.4, -0.2) is 30.1 Å². The third-order valence-corrected chi connectivity index (χ3v) is 2.91. The maximum absolute atomic E-state index is 12.0. The maximum Gasteiger partial charge on any atom is 0.320 e. The predicted molar refractivity (Wildman–Crippen MR) is 84.0 cm³/mol. The minimum Gasteiger partial charge on any atom is -0.354 e. The van der Waals surface area contributed by atoms with Gasteiger partial charge in [-0.15, -0.1) is 0 Å². The zero-order valence-corrected chi connectivity index (χ0v) is 12.8. The van der Waals surface area contributed by atoms with E-state index in [2.05, 4.69) is 16.0 Å². The molecule has 1 unspecified atom stereocenters. The lowest BCUT2D eigenvalue weighted by molar-refractivity contribution is -0.126. The van der Waals surface area contributed by atoms with Crippen LogP contribution in [0.1, 0.15) is 27.2 Å². The Morgan fingerprint density at radius 1 is 1.24 bits per heavy atom. The highest BCUT2D eigenvalue weighted by atomic mass is 16.2. The van der Waals surface area contributed by atoms with Crippen molar-refractivity contribution in [3.63, 3.8) is 0 Å². The largest absolute Gasteiger partial charge is 0.354 e. The Labute approximate surface area is 125 Å². The van der Waals surface area contributed by atoms with Gasteiger partial charge in [-0.05, 0) is 39.3 Å². The van der Waals surface area contributed by atoms with Crippen LogP contribution in [0.25, 0.3) is 0 Å². The van der Waals surface area contributed by atoms with Crippen molar-refractivity contribution >= 4 is 17.6 Å². The fraction of sp³-hybridized carbons (Fsp3) is 0.467. The predicted octanol–water partition coefficient (Wildman–Crippen LogP) is 1.44. The molecule has 1 aromatic rings. The smallest absolute Gasteiger partial charge is 0.320 e. The molecule has 0 aliphatic heterocycles. The minimum atomic E-state index is -1.00. The Kier molecular flexibility index (Phi) is 6.17. The van der Waals surface area contributed by atoms with E-state index in [1.807, 2.05) is 25.1 Å². The van der Waals surface area contributed by atoms with Crippen molar-refractivity contribution in [1.82, 2.24) is 10.6 Å². The van der Waals surface area contributed by atoms with Crippen LogP contribution in [0.2, 0.25) is 0 Å². The Bertz CT molecular complexity index is 472. The maximum atomic E-state index is 12.0. The number of anilines is 1. The molecule has 0 aromatic heterocycles. The van der Waals surface area contributed by atoms with Crippen LogP contribution in [0.4, 0.5) is 10.5 Å². The molecule has 0 aliphatic rings. The molecule has 0 bridgehead atoms. The molecule has 6 heteroatoms. The van der Waals surface area contributed by atoms with Crippen molar-refractivity contribution in [1.29, 1.82) is 0 Å². The first kappa shape index (κ1) is 17.0. The molecule has 0 heterocycles. The molecule has 0 saturated carbocycles. The SMILES string of the molecule is CC(N)CCNC(=O)C(C)(C)NC(=O)Nc1ccccc1. The minimum absolute atomic E-state index is 0.0303. The normalized spacial score (nSPS) is 12.4. The van der Waals surface area contributed by atoms with E-state index >= 15 is 0 Å². The highest BCUT2D eigenvalue weighted by Gasteiger charge is 2.29. The number of nitrogens with two attached hydrogens (primary N) is 1. The number of rotatable bonds is 6. The number of hydrogen-bond donors (Lipinski definition) is 4. The zero-order chi connectivity index (χ0) is 15.9. The van der Waals surface area contributed by atoms with Gasteiger partial charge in [-0.3, -0.25) is 4.79 Å². The van der Waals surface area contributed by atoms with Gasteiger partial charge in [0, 0.05) is 18.3 Å². The van der Waals surface area contributed by atoms with Gasteiger partial charge in [0.05, 0.1) is 0 Å². The summed E-state index contributed by atoms with van der Waals surface area (Å²) < 4.78 is 0. The van der Waals surface area contributed by atoms with E-state index in [0.717, 1.165) is 0 Å². The van der Waals surface area contributed by atoms with Crippen molar-refractivity contribution in [3.05, 3.63) is 30.3 Å². The van der Waals surface area contributed by atoms with Gasteiger partial charge in [0.25, 0.3) is 0 Å². The second-order valence-electron chi connectivity index (χ2n) is 5.59. The number of para-hydroxylation sites is 1. The van der Waals surface area contributed by atoms with E-state index in [-0.39, 0.29) is 11.9 Å². The molecule has 1 rings (SSSR count). The summed E-state index contributed by atoms with van der Waals surface area (Å²) in [5, 5.41) is 8.09. The van der Waals surface area contributed by atoms with Gasteiger partial charge in [0.2, 0.25) is 5.91 Å². The van der Waals surface area contributed by atoms with Crippen molar-refractivity contribution < 1.29 is 9.59 Å². The molecule has 6 nitrogen and oxygen atoms in total. The summed E-state index contributed by atoms with van der Waals surface area (Å²) in [7, 11) is 0.